The van der Waals surface area contributed by atoms with E-state index in [0.29, 0.717) is 0 Å². The molecule has 0 fully saturated rings. The van der Waals surface area contributed by atoms with Gasteiger partial charge >= 0.3 is 125 Å². The zero-order valence-corrected chi connectivity index (χ0v) is 13.5. The SMILES string of the molecule is CC(N)CCCC(C)C(=O)Nc1cccc2n[se]nc12. The van der Waals surface area contributed by atoms with Gasteiger partial charge in [-0.15, -0.1) is 0 Å². The number of carbonyl (C=O) groups excluding carboxylic acids is 1. The van der Waals surface area contributed by atoms with Crippen LogP contribution in [0.5, 0.6) is 0 Å². The van der Waals surface area contributed by atoms with Crippen molar-refractivity contribution < 1.29 is 4.79 Å². The summed E-state index contributed by atoms with van der Waals surface area (Å²) in [5.41, 5.74) is 8.20. The Labute approximate surface area is 125 Å². The summed E-state index contributed by atoms with van der Waals surface area (Å²) in [5, 5.41) is 2.97. The molecule has 0 aliphatic rings. The van der Waals surface area contributed by atoms with Crippen molar-refractivity contribution in [1.82, 2.24) is 7.96 Å². The van der Waals surface area contributed by atoms with Crippen LogP contribution in [0.4, 0.5) is 5.69 Å². The predicted octanol–water partition coefficient (Wildman–Crippen LogP) is 1.78. The van der Waals surface area contributed by atoms with Crippen LogP contribution < -0.4 is 11.1 Å². The molecular formula is C14H20N4OSe. The van der Waals surface area contributed by atoms with Crippen LogP contribution in [0.1, 0.15) is 33.1 Å². The van der Waals surface area contributed by atoms with Crippen molar-refractivity contribution in [3.8, 4) is 0 Å². The topological polar surface area (TPSA) is 80.9 Å². The molecule has 1 aromatic heterocycles. The molecule has 2 aromatic rings. The summed E-state index contributed by atoms with van der Waals surface area (Å²) in [6.45, 7) is 3.94. The van der Waals surface area contributed by atoms with Gasteiger partial charge in [-0.05, 0) is 0 Å². The molecule has 6 heteroatoms. The number of benzene rings is 1. The van der Waals surface area contributed by atoms with Crippen molar-refractivity contribution in [2.24, 2.45) is 11.7 Å². The number of carbonyl (C=O) groups is 1. The van der Waals surface area contributed by atoms with Crippen molar-refractivity contribution in [3.05, 3.63) is 18.2 Å². The first-order valence-electron chi connectivity index (χ1n) is 6.85. The first-order valence-corrected chi connectivity index (χ1v) is 8.39. The summed E-state index contributed by atoms with van der Waals surface area (Å²) in [6.07, 6.45) is 2.78. The molecule has 0 radical (unpaired) electrons. The maximum atomic E-state index is 12.2. The summed E-state index contributed by atoms with van der Waals surface area (Å²) >= 11 is -0.0773. The average molecular weight is 339 g/mol. The molecule has 1 amide bonds. The first kappa shape index (κ1) is 15.2. The molecule has 0 saturated heterocycles. The van der Waals surface area contributed by atoms with Gasteiger partial charge in [0.05, 0.1) is 0 Å². The molecule has 1 aromatic carbocycles. The third kappa shape index (κ3) is 3.88. The Morgan fingerprint density at radius 1 is 1.35 bits per heavy atom. The number of fused-ring (bicyclic) bond motifs is 1. The summed E-state index contributed by atoms with van der Waals surface area (Å²) < 4.78 is 8.67. The molecule has 20 heavy (non-hydrogen) atoms. The van der Waals surface area contributed by atoms with Crippen LogP contribution in [0.25, 0.3) is 11.0 Å². The van der Waals surface area contributed by atoms with Gasteiger partial charge in [0.2, 0.25) is 0 Å². The Hall–Kier alpha value is -1.23. The van der Waals surface area contributed by atoms with E-state index in [-0.39, 0.29) is 32.8 Å². The van der Waals surface area contributed by atoms with E-state index in [2.05, 4.69) is 13.3 Å². The molecule has 0 spiro atoms. The van der Waals surface area contributed by atoms with Gasteiger partial charge in [-0.1, -0.05) is 0 Å². The van der Waals surface area contributed by atoms with Crippen LogP contribution in [-0.4, -0.2) is 34.9 Å². The normalized spacial score (nSPS) is 14.2. The first-order chi connectivity index (χ1) is 9.58. The van der Waals surface area contributed by atoms with Crippen molar-refractivity contribution >= 4 is 37.6 Å². The van der Waals surface area contributed by atoms with Gasteiger partial charge in [0.15, 0.2) is 0 Å². The van der Waals surface area contributed by atoms with E-state index in [1.165, 1.54) is 0 Å². The standard InChI is InChI=1S/C14H20N4OSe/c1-9(5-3-6-10(2)15)14(19)16-11-7-4-8-12-13(11)18-20-17-12/h4,7-10H,3,5-6,15H2,1-2H3,(H,16,19). The Morgan fingerprint density at radius 2 is 2.15 bits per heavy atom. The average Bonchev–Trinajstić information content (AvgIpc) is 2.87. The van der Waals surface area contributed by atoms with Crippen molar-refractivity contribution in [1.29, 1.82) is 0 Å². The number of nitrogens with zero attached hydrogens (tertiary/aromatic N) is 2. The Kier molecular flexibility index (Phi) is 5.29. The number of anilines is 1. The quantitative estimate of drug-likeness (QED) is 0.786. The Balaban J connectivity index is 1.95. The van der Waals surface area contributed by atoms with Gasteiger partial charge in [-0.25, -0.2) is 0 Å². The van der Waals surface area contributed by atoms with Crippen molar-refractivity contribution in [3.63, 3.8) is 0 Å². The number of hydrogen-bond acceptors (Lipinski definition) is 4. The van der Waals surface area contributed by atoms with E-state index in [0.717, 1.165) is 36.0 Å². The number of nitrogens with two attached hydrogens (primary N) is 1. The second-order valence-corrected chi connectivity index (χ2v) is 6.34. The van der Waals surface area contributed by atoms with E-state index in [4.69, 9.17) is 5.73 Å². The summed E-state index contributed by atoms with van der Waals surface area (Å²) in [6, 6.07) is 5.90. The Bertz CT molecular complexity index is 581. The maximum absolute atomic E-state index is 12.2. The molecular weight excluding hydrogens is 319 g/mol. The van der Waals surface area contributed by atoms with Crippen LogP contribution in [-0.2, 0) is 4.79 Å². The fourth-order valence-corrected chi connectivity index (χ4v) is 3.19. The van der Waals surface area contributed by atoms with Crippen LogP contribution in [0.2, 0.25) is 0 Å². The molecule has 0 aliphatic carbocycles. The van der Waals surface area contributed by atoms with Crippen LogP contribution in [0.3, 0.4) is 0 Å². The third-order valence-electron chi connectivity index (χ3n) is 3.29. The van der Waals surface area contributed by atoms with E-state index >= 15 is 0 Å². The van der Waals surface area contributed by atoms with Crippen LogP contribution >= 0.6 is 0 Å². The monoisotopic (exact) mass is 340 g/mol. The van der Waals surface area contributed by atoms with Crippen LogP contribution in [0.15, 0.2) is 18.2 Å². The molecule has 0 bridgehead atoms. The summed E-state index contributed by atoms with van der Waals surface area (Å²) in [5.74, 6) is 0.0196. The van der Waals surface area contributed by atoms with Gasteiger partial charge < -0.3 is 0 Å². The molecule has 2 unspecified atom stereocenters. The Morgan fingerprint density at radius 3 is 2.90 bits per heavy atom. The minimum atomic E-state index is -0.0773. The zero-order chi connectivity index (χ0) is 14.5. The van der Waals surface area contributed by atoms with Gasteiger partial charge in [0.25, 0.3) is 0 Å². The second kappa shape index (κ2) is 6.97. The molecule has 5 nitrogen and oxygen atoms in total. The van der Waals surface area contributed by atoms with Gasteiger partial charge in [0.1, 0.15) is 0 Å². The number of hydrogen-bond donors (Lipinski definition) is 2. The van der Waals surface area contributed by atoms with E-state index in [1.54, 1.807) is 0 Å². The van der Waals surface area contributed by atoms with Crippen LogP contribution in [0, 0.1) is 5.92 Å². The number of amides is 1. The molecule has 3 N–H and O–H groups in total. The molecule has 2 rings (SSSR count). The molecule has 2 atom stereocenters. The summed E-state index contributed by atoms with van der Waals surface area (Å²) in [7, 11) is 0. The minimum absolute atomic E-state index is 0.0199. The number of rotatable bonds is 6. The third-order valence-corrected chi connectivity index (χ3v) is 4.43. The van der Waals surface area contributed by atoms with E-state index in [1.807, 2.05) is 32.0 Å². The van der Waals surface area contributed by atoms with Gasteiger partial charge in [-0.2, -0.15) is 0 Å². The fourth-order valence-electron chi connectivity index (χ4n) is 2.04. The van der Waals surface area contributed by atoms with E-state index in [9.17, 15) is 4.79 Å². The zero-order valence-electron chi connectivity index (χ0n) is 11.8. The van der Waals surface area contributed by atoms with Gasteiger partial charge in [0, 0.05) is 0 Å². The second-order valence-electron chi connectivity index (χ2n) is 5.24. The van der Waals surface area contributed by atoms with Gasteiger partial charge in [-0.3, -0.25) is 0 Å². The molecule has 0 aliphatic heterocycles. The molecule has 108 valence electrons. The van der Waals surface area contributed by atoms with Crippen molar-refractivity contribution in [2.45, 2.75) is 39.2 Å². The van der Waals surface area contributed by atoms with E-state index < -0.39 is 0 Å². The molecule has 0 saturated carbocycles. The summed E-state index contributed by atoms with van der Waals surface area (Å²) in [4.78, 5) is 12.2. The number of nitrogens with one attached hydrogen (secondary N) is 1. The number of aromatic nitrogens is 2. The fraction of sp³-hybridized carbons (Fsp3) is 0.500. The predicted molar refractivity (Wildman–Crippen MR) is 81.8 cm³/mol. The van der Waals surface area contributed by atoms with Crippen molar-refractivity contribution in [2.75, 3.05) is 5.32 Å². The molecule has 1 heterocycles.